The molecule has 0 radical (unpaired) electrons. The number of hydrogen-bond donors (Lipinski definition) is 1. The molecule has 3 aromatic rings. The molecule has 2 amide bonds. The zero-order valence-electron chi connectivity index (χ0n) is 15.5. The second kappa shape index (κ2) is 6.91. The number of anilines is 1. The first kappa shape index (κ1) is 17.3. The van der Waals surface area contributed by atoms with Crippen molar-refractivity contribution in [2.45, 2.75) is 32.7 Å². The molecule has 1 aliphatic heterocycles. The smallest absolute Gasteiger partial charge is 0.287 e. The highest BCUT2D eigenvalue weighted by Crippen LogP contribution is 2.25. The van der Waals surface area contributed by atoms with Gasteiger partial charge in [0.25, 0.3) is 5.91 Å². The van der Waals surface area contributed by atoms with Gasteiger partial charge in [0.05, 0.1) is 6.04 Å². The van der Waals surface area contributed by atoms with Gasteiger partial charge in [-0.15, -0.1) is 0 Å². The maximum absolute atomic E-state index is 12.6. The first-order chi connectivity index (χ1) is 13.0. The molecule has 27 heavy (non-hydrogen) atoms. The lowest BCUT2D eigenvalue weighted by molar-refractivity contribution is -0.117. The van der Waals surface area contributed by atoms with E-state index in [0.29, 0.717) is 17.8 Å². The summed E-state index contributed by atoms with van der Waals surface area (Å²) in [5.74, 6) is 0.203. The molecule has 0 bridgehead atoms. The molecule has 1 aromatic heterocycles. The van der Waals surface area contributed by atoms with Crippen molar-refractivity contribution in [1.82, 2.24) is 5.32 Å². The number of carbonyl (C=O) groups excluding carboxylic acids is 2. The number of aryl methyl sites for hydroxylation is 1. The van der Waals surface area contributed by atoms with Gasteiger partial charge in [0, 0.05) is 24.0 Å². The highest BCUT2D eigenvalue weighted by atomic mass is 16.3. The van der Waals surface area contributed by atoms with Crippen molar-refractivity contribution in [1.29, 1.82) is 0 Å². The zero-order valence-corrected chi connectivity index (χ0v) is 15.5. The fourth-order valence-corrected chi connectivity index (χ4v) is 3.51. The van der Waals surface area contributed by atoms with Crippen molar-refractivity contribution in [3.8, 4) is 0 Å². The molecule has 138 valence electrons. The molecule has 0 aliphatic carbocycles. The third-order valence-corrected chi connectivity index (χ3v) is 5.00. The molecule has 2 heterocycles. The van der Waals surface area contributed by atoms with Gasteiger partial charge in [0.2, 0.25) is 5.91 Å². The Bertz CT molecular complexity index is 1020. The van der Waals surface area contributed by atoms with Crippen LogP contribution in [0, 0.1) is 6.92 Å². The number of carbonyl (C=O) groups is 2. The van der Waals surface area contributed by atoms with E-state index in [0.717, 1.165) is 35.2 Å². The van der Waals surface area contributed by atoms with Crippen molar-refractivity contribution in [2.24, 2.45) is 0 Å². The van der Waals surface area contributed by atoms with Gasteiger partial charge in [-0.25, -0.2) is 0 Å². The molecule has 0 saturated carbocycles. The van der Waals surface area contributed by atoms with E-state index < -0.39 is 0 Å². The quantitative estimate of drug-likeness (QED) is 0.750. The Hall–Kier alpha value is -3.08. The number of furan rings is 1. The van der Waals surface area contributed by atoms with Gasteiger partial charge in [-0.1, -0.05) is 23.8 Å². The Morgan fingerprint density at radius 3 is 2.81 bits per heavy atom. The summed E-state index contributed by atoms with van der Waals surface area (Å²) in [4.78, 5) is 26.4. The molecule has 5 nitrogen and oxygen atoms in total. The maximum atomic E-state index is 12.6. The molecule has 1 aliphatic rings. The zero-order chi connectivity index (χ0) is 19.0. The molecule has 0 spiro atoms. The molecule has 5 heteroatoms. The monoisotopic (exact) mass is 362 g/mol. The average molecular weight is 362 g/mol. The topological polar surface area (TPSA) is 62.6 Å². The summed E-state index contributed by atoms with van der Waals surface area (Å²) in [5, 5.41) is 3.90. The second-order valence-corrected chi connectivity index (χ2v) is 7.09. The predicted molar refractivity (Wildman–Crippen MR) is 105 cm³/mol. The summed E-state index contributed by atoms with van der Waals surface area (Å²) < 4.78 is 5.68. The van der Waals surface area contributed by atoms with E-state index in [1.54, 1.807) is 11.0 Å². The molecule has 1 fully saturated rings. The Labute approximate surface area is 158 Å². The largest absolute Gasteiger partial charge is 0.451 e. The third kappa shape index (κ3) is 3.45. The Morgan fingerprint density at radius 2 is 2.04 bits per heavy atom. The molecule has 1 saturated heterocycles. The first-order valence-corrected chi connectivity index (χ1v) is 9.22. The number of fused-ring (bicyclic) bond motifs is 1. The number of amides is 2. The van der Waals surface area contributed by atoms with E-state index in [4.69, 9.17) is 4.42 Å². The number of nitrogens with zero attached hydrogens (tertiary/aromatic N) is 1. The van der Waals surface area contributed by atoms with Crippen LogP contribution in [-0.2, 0) is 4.79 Å². The van der Waals surface area contributed by atoms with Crippen LogP contribution in [0.15, 0.2) is 52.9 Å². The number of benzene rings is 2. The van der Waals surface area contributed by atoms with Crippen LogP contribution < -0.4 is 10.2 Å². The van der Waals surface area contributed by atoms with Crippen LogP contribution in [0.5, 0.6) is 0 Å². The minimum Gasteiger partial charge on any atom is -0.451 e. The second-order valence-electron chi connectivity index (χ2n) is 7.09. The number of rotatable bonds is 4. The van der Waals surface area contributed by atoms with Crippen molar-refractivity contribution < 1.29 is 14.0 Å². The van der Waals surface area contributed by atoms with Crippen LogP contribution >= 0.6 is 0 Å². The summed E-state index contributed by atoms with van der Waals surface area (Å²) in [6.45, 7) is 4.68. The average Bonchev–Trinajstić information content (AvgIpc) is 3.27. The molecule has 1 unspecified atom stereocenters. The fraction of sp³-hybridized carbons (Fsp3) is 0.273. The third-order valence-electron chi connectivity index (χ3n) is 5.00. The summed E-state index contributed by atoms with van der Waals surface area (Å²) in [5.41, 5.74) is 3.66. The predicted octanol–water partition coefficient (Wildman–Crippen LogP) is 4.36. The molecular formula is C22H22N2O3. The molecule has 2 aromatic carbocycles. The Kier molecular flexibility index (Phi) is 4.44. The van der Waals surface area contributed by atoms with E-state index in [9.17, 15) is 9.59 Å². The van der Waals surface area contributed by atoms with Gasteiger partial charge >= 0.3 is 0 Å². The van der Waals surface area contributed by atoms with E-state index in [2.05, 4.69) is 5.32 Å². The summed E-state index contributed by atoms with van der Waals surface area (Å²) in [6, 6.07) is 15.2. The van der Waals surface area contributed by atoms with E-state index >= 15 is 0 Å². The summed E-state index contributed by atoms with van der Waals surface area (Å²) >= 11 is 0. The maximum Gasteiger partial charge on any atom is 0.287 e. The number of nitrogens with one attached hydrogen (secondary N) is 1. The lowest BCUT2D eigenvalue weighted by atomic mass is 10.1. The van der Waals surface area contributed by atoms with Crippen molar-refractivity contribution in [2.75, 3.05) is 11.4 Å². The number of hydrogen-bond acceptors (Lipinski definition) is 3. The summed E-state index contributed by atoms with van der Waals surface area (Å²) in [7, 11) is 0. The van der Waals surface area contributed by atoms with Crippen molar-refractivity contribution >= 4 is 28.5 Å². The van der Waals surface area contributed by atoms with Crippen molar-refractivity contribution in [3.05, 3.63) is 65.4 Å². The highest BCUT2D eigenvalue weighted by Gasteiger charge is 2.22. The van der Waals surface area contributed by atoms with Crippen LogP contribution in [0.3, 0.4) is 0 Å². The fourth-order valence-electron chi connectivity index (χ4n) is 3.51. The normalized spacial score (nSPS) is 15.3. The minimum absolute atomic E-state index is 0.154. The first-order valence-electron chi connectivity index (χ1n) is 9.22. The van der Waals surface area contributed by atoms with Gasteiger partial charge in [0.1, 0.15) is 5.58 Å². The molecule has 1 N–H and O–H groups in total. The van der Waals surface area contributed by atoms with Crippen LogP contribution in [-0.4, -0.2) is 18.4 Å². The Balaban J connectivity index is 1.51. The standard InChI is InChI=1S/C22H22N2O3/c1-14-8-9-19-17(11-14)13-20(27-19)22(26)23-15(2)16-5-3-6-18(12-16)24-10-4-7-21(24)25/h3,5-6,8-9,11-13,15H,4,7,10H2,1-2H3,(H,23,26). The SMILES string of the molecule is Cc1ccc2oc(C(=O)NC(C)c3cccc(N4CCCC4=O)c3)cc2c1. The molecule has 1 atom stereocenters. The van der Waals surface area contributed by atoms with Crippen LogP contribution in [0.2, 0.25) is 0 Å². The van der Waals surface area contributed by atoms with Gasteiger partial charge < -0.3 is 14.6 Å². The van der Waals surface area contributed by atoms with Crippen LogP contribution in [0.1, 0.15) is 47.5 Å². The van der Waals surface area contributed by atoms with Gasteiger partial charge in [0.15, 0.2) is 5.76 Å². The van der Waals surface area contributed by atoms with Crippen LogP contribution in [0.4, 0.5) is 5.69 Å². The van der Waals surface area contributed by atoms with E-state index in [1.807, 2.05) is 56.3 Å². The summed E-state index contributed by atoms with van der Waals surface area (Å²) in [6.07, 6.45) is 1.49. The molecule has 4 rings (SSSR count). The lowest BCUT2D eigenvalue weighted by Crippen LogP contribution is -2.27. The minimum atomic E-state index is -0.251. The van der Waals surface area contributed by atoms with E-state index in [-0.39, 0.29) is 17.9 Å². The van der Waals surface area contributed by atoms with Crippen molar-refractivity contribution in [3.63, 3.8) is 0 Å². The van der Waals surface area contributed by atoms with Gasteiger partial charge in [-0.05, 0) is 56.2 Å². The van der Waals surface area contributed by atoms with E-state index in [1.165, 1.54) is 0 Å². The highest BCUT2D eigenvalue weighted by molar-refractivity contribution is 5.97. The Morgan fingerprint density at radius 1 is 1.19 bits per heavy atom. The van der Waals surface area contributed by atoms with Crippen LogP contribution in [0.25, 0.3) is 11.0 Å². The van der Waals surface area contributed by atoms with Gasteiger partial charge in [-0.3, -0.25) is 9.59 Å². The lowest BCUT2D eigenvalue weighted by Gasteiger charge is -2.19. The van der Waals surface area contributed by atoms with Gasteiger partial charge in [-0.2, -0.15) is 0 Å². The molecular weight excluding hydrogens is 340 g/mol.